The molecule has 1 aromatic rings. The number of ether oxygens (including phenoxy) is 1. The highest BCUT2D eigenvalue weighted by atomic mass is 16.5. The zero-order valence-electron chi connectivity index (χ0n) is 10.8. The first kappa shape index (κ1) is 13.0. The van der Waals surface area contributed by atoms with Crippen LogP contribution in [-0.4, -0.2) is 52.1 Å². The number of nitrogens with zero attached hydrogens (tertiary/aromatic N) is 3. The van der Waals surface area contributed by atoms with Crippen molar-refractivity contribution in [3.05, 3.63) is 17.5 Å². The van der Waals surface area contributed by atoms with Gasteiger partial charge < -0.3 is 9.84 Å². The highest BCUT2D eigenvalue weighted by molar-refractivity contribution is 5.88. The Balaban J connectivity index is 2.09. The summed E-state index contributed by atoms with van der Waals surface area (Å²) in [6, 6.07) is 0. The molecule has 1 aliphatic heterocycles. The molecule has 6 nitrogen and oxygen atoms in total. The third-order valence-electron chi connectivity index (χ3n) is 3.46. The standard InChI is InChI=1S/C12H19N3O3/c1-14-11(10(6-13-14)12(16)17)8-15-5-3-4-9(7-15)18-2/h6,9H,3-5,7-8H2,1-2H3,(H,16,17). The highest BCUT2D eigenvalue weighted by Crippen LogP contribution is 2.17. The number of rotatable bonds is 4. The lowest BCUT2D eigenvalue weighted by Crippen LogP contribution is -2.39. The van der Waals surface area contributed by atoms with Crippen molar-refractivity contribution in [1.29, 1.82) is 0 Å². The molecule has 0 aromatic carbocycles. The molecule has 0 amide bonds. The SMILES string of the molecule is COC1CCCN(Cc2c(C(=O)O)cnn2C)C1. The number of hydrogen-bond donors (Lipinski definition) is 1. The molecule has 1 fully saturated rings. The van der Waals surface area contributed by atoms with Crippen molar-refractivity contribution in [2.45, 2.75) is 25.5 Å². The van der Waals surface area contributed by atoms with Gasteiger partial charge in [0, 0.05) is 27.2 Å². The van der Waals surface area contributed by atoms with Crippen LogP contribution in [0.5, 0.6) is 0 Å². The van der Waals surface area contributed by atoms with E-state index in [0.717, 1.165) is 31.6 Å². The van der Waals surface area contributed by atoms with E-state index < -0.39 is 5.97 Å². The van der Waals surface area contributed by atoms with E-state index in [1.807, 2.05) is 0 Å². The Morgan fingerprint density at radius 2 is 2.44 bits per heavy atom. The Kier molecular flexibility index (Phi) is 3.98. The largest absolute Gasteiger partial charge is 0.478 e. The fourth-order valence-corrected chi connectivity index (χ4v) is 2.39. The molecule has 1 aromatic heterocycles. The second-order valence-corrected chi connectivity index (χ2v) is 4.67. The fraction of sp³-hybridized carbons (Fsp3) is 0.667. The monoisotopic (exact) mass is 253 g/mol. The summed E-state index contributed by atoms with van der Waals surface area (Å²) in [6.07, 6.45) is 3.82. The molecule has 0 saturated carbocycles. The first-order valence-corrected chi connectivity index (χ1v) is 6.11. The van der Waals surface area contributed by atoms with Gasteiger partial charge in [0.2, 0.25) is 0 Å². The topological polar surface area (TPSA) is 67.6 Å². The second-order valence-electron chi connectivity index (χ2n) is 4.67. The number of piperidine rings is 1. The average molecular weight is 253 g/mol. The van der Waals surface area contributed by atoms with E-state index in [4.69, 9.17) is 9.84 Å². The van der Waals surface area contributed by atoms with Crippen molar-refractivity contribution in [2.75, 3.05) is 20.2 Å². The Hall–Kier alpha value is -1.40. The lowest BCUT2D eigenvalue weighted by molar-refractivity contribution is 0.0276. The summed E-state index contributed by atoms with van der Waals surface area (Å²) in [5.41, 5.74) is 1.04. The van der Waals surface area contributed by atoms with Crippen molar-refractivity contribution >= 4 is 5.97 Å². The normalized spacial score (nSPS) is 21.1. The first-order chi connectivity index (χ1) is 8.61. The van der Waals surface area contributed by atoms with E-state index in [2.05, 4.69) is 10.00 Å². The van der Waals surface area contributed by atoms with E-state index >= 15 is 0 Å². The van der Waals surface area contributed by atoms with Gasteiger partial charge in [-0.1, -0.05) is 0 Å². The smallest absolute Gasteiger partial charge is 0.339 e. The maximum absolute atomic E-state index is 11.1. The number of carboxylic acid groups (broad SMARTS) is 1. The average Bonchev–Trinajstić information content (AvgIpc) is 2.71. The molecule has 2 heterocycles. The Morgan fingerprint density at radius 3 is 3.11 bits per heavy atom. The van der Waals surface area contributed by atoms with Crippen LogP contribution in [0.25, 0.3) is 0 Å². The number of aromatic carboxylic acids is 1. The van der Waals surface area contributed by atoms with Gasteiger partial charge in [-0.05, 0) is 19.4 Å². The van der Waals surface area contributed by atoms with Crippen molar-refractivity contribution < 1.29 is 14.6 Å². The summed E-state index contributed by atoms with van der Waals surface area (Å²) >= 11 is 0. The quantitative estimate of drug-likeness (QED) is 0.856. The van der Waals surface area contributed by atoms with Crippen LogP contribution in [0, 0.1) is 0 Å². The molecule has 1 atom stereocenters. The van der Waals surface area contributed by atoms with Crippen molar-refractivity contribution in [3.8, 4) is 0 Å². The molecule has 2 rings (SSSR count). The van der Waals surface area contributed by atoms with E-state index in [-0.39, 0.29) is 11.7 Å². The van der Waals surface area contributed by atoms with Crippen molar-refractivity contribution in [3.63, 3.8) is 0 Å². The van der Waals surface area contributed by atoms with Crippen LogP contribution < -0.4 is 0 Å². The fourth-order valence-electron chi connectivity index (χ4n) is 2.39. The summed E-state index contributed by atoms with van der Waals surface area (Å²) in [5, 5.41) is 13.1. The van der Waals surface area contributed by atoms with E-state index in [9.17, 15) is 4.79 Å². The zero-order valence-corrected chi connectivity index (χ0v) is 10.8. The summed E-state index contributed by atoms with van der Waals surface area (Å²) in [4.78, 5) is 13.3. The second kappa shape index (κ2) is 5.49. The van der Waals surface area contributed by atoms with Gasteiger partial charge in [0.25, 0.3) is 0 Å². The minimum atomic E-state index is -0.918. The molecule has 6 heteroatoms. The Morgan fingerprint density at radius 1 is 1.67 bits per heavy atom. The molecule has 1 saturated heterocycles. The van der Waals surface area contributed by atoms with Crippen LogP contribution in [0.2, 0.25) is 0 Å². The van der Waals surface area contributed by atoms with Gasteiger partial charge >= 0.3 is 5.97 Å². The molecular formula is C12H19N3O3. The van der Waals surface area contributed by atoms with Gasteiger partial charge in [0.1, 0.15) is 5.56 Å². The summed E-state index contributed by atoms with van der Waals surface area (Å²) in [6.45, 7) is 2.43. The summed E-state index contributed by atoms with van der Waals surface area (Å²) in [5.74, 6) is -0.918. The van der Waals surface area contributed by atoms with Gasteiger partial charge in [-0.15, -0.1) is 0 Å². The Bertz CT molecular complexity index is 430. The maximum Gasteiger partial charge on any atom is 0.339 e. The molecule has 0 bridgehead atoms. The zero-order chi connectivity index (χ0) is 13.1. The van der Waals surface area contributed by atoms with Crippen LogP contribution in [0.1, 0.15) is 28.9 Å². The summed E-state index contributed by atoms with van der Waals surface area (Å²) in [7, 11) is 3.50. The van der Waals surface area contributed by atoms with E-state index in [1.54, 1.807) is 18.8 Å². The predicted molar refractivity (Wildman–Crippen MR) is 65.5 cm³/mol. The number of likely N-dealkylation sites (tertiary alicyclic amines) is 1. The number of carbonyl (C=O) groups is 1. The number of carboxylic acids is 1. The van der Waals surface area contributed by atoms with Gasteiger partial charge in [-0.2, -0.15) is 5.10 Å². The molecular weight excluding hydrogens is 234 g/mol. The van der Waals surface area contributed by atoms with Crippen LogP contribution in [-0.2, 0) is 18.3 Å². The lowest BCUT2D eigenvalue weighted by Gasteiger charge is -2.31. The van der Waals surface area contributed by atoms with Gasteiger partial charge in [-0.25, -0.2) is 4.79 Å². The number of aryl methyl sites for hydroxylation is 1. The number of methoxy groups -OCH3 is 1. The molecule has 0 spiro atoms. The molecule has 100 valence electrons. The van der Waals surface area contributed by atoms with Gasteiger partial charge in [0.05, 0.1) is 18.0 Å². The molecule has 0 radical (unpaired) electrons. The first-order valence-electron chi connectivity index (χ1n) is 6.11. The molecule has 1 aliphatic rings. The van der Waals surface area contributed by atoms with Gasteiger partial charge in [-0.3, -0.25) is 9.58 Å². The summed E-state index contributed by atoms with van der Waals surface area (Å²) < 4.78 is 7.01. The lowest BCUT2D eigenvalue weighted by atomic mass is 10.1. The highest BCUT2D eigenvalue weighted by Gasteiger charge is 2.23. The van der Waals surface area contributed by atoms with Crippen LogP contribution in [0.4, 0.5) is 0 Å². The molecule has 1 unspecified atom stereocenters. The molecule has 18 heavy (non-hydrogen) atoms. The minimum absolute atomic E-state index is 0.250. The van der Waals surface area contributed by atoms with Crippen LogP contribution in [0.3, 0.4) is 0 Å². The van der Waals surface area contributed by atoms with Crippen LogP contribution >= 0.6 is 0 Å². The van der Waals surface area contributed by atoms with Crippen LogP contribution in [0.15, 0.2) is 6.20 Å². The van der Waals surface area contributed by atoms with Crippen molar-refractivity contribution in [2.24, 2.45) is 7.05 Å². The number of hydrogen-bond acceptors (Lipinski definition) is 4. The molecule has 0 aliphatic carbocycles. The maximum atomic E-state index is 11.1. The molecule has 1 N–H and O–H groups in total. The number of aromatic nitrogens is 2. The Labute approximate surface area is 106 Å². The van der Waals surface area contributed by atoms with E-state index in [0.29, 0.717) is 6.54 Å². The third-order valence-corrected chi connectivity index (χ3v) is 3.46. The third kappa shape index (κ3) is 2.70. The van der Waals surface area contributed by atoms with Crippen molar-refractivity contribution in [1.82, 2.24) is 14.7 Å². The predicted octanol–water partition coefficient (Wildman–Crippen LogP) is 0.729. The minimum Gasteiger partial charge on any atom is -0.478 e. The van der Waals surface area contributed by atoms with Gasteiger partial charge in [0.15, 0.2) is 0 Å². The van der Waals surface area contributed by atoms with E-state index in [1.165, 1.54) is 6.20 Å².